The van der Waals surface area contributed by atoms with Crippen LogP contribution >= 0.6 is 0 Å². The number of amides is 1. The summed E-state index contributed by atoms with van der Waals surface area (Å²) in [6.07, 6.45) is 3.60. The average molecular weight is 367 g/mol. The summed E-state index contributed by atoms with van der Waals surface area (Å²) in [6.45, 7) is 0.737. The van der Waals surface area contributed by atoms with Gasteiger partial charge in [0, 0.05) is 19.8 Å². The van der Waals surface area contributed by atoms with E-state index in [1.165, 1.54) is 0 Å². The van der Waals surface area contributed by atoms with Crippen molar-refractivity contribution in [2.75, 3.05) is 11.4 Å². The predicted molar refractivity (Wildman–Crippen MR) is 106 cm³/mol. The smallest absolute Gasteiger partial charge is 0.246 e. The zero-order valence-electron chi connectivity index (χ0n) is 15.5. The molecule has 0 fully saturated rings. The zero-order valence-corrected chi connectivity index (χ0v) is 15.5. The van der Waals surface area contributed by atoms with Crippen LogP contribution in [0.25, 0.3) is 11.0 Å². The monoisotopic (exact) mass is 367 g/mol. The maximum absolute atomic E-state index is 10.9. The predicted octanol–water partition coefficient (Wildman–Crippen LogP) is 2.51. The van der Waals surface area contributed by atoms with Crippen molar-refractivity contribution in [3.8, 4) is 0 Å². The molecule has 0 aliphatic carbocycles. The lowest BCUT2D eigenvalue weighted by Gasteiger charge is -2.22. The highest BCUT2D eigenvalue weighted by Gasteiger charge is 2.17. The molecular weight excluding hydrogens is 342 g/mol. The van der Waals surface area contributed by atoms with Gasteiger partial charge in [0.2, 0.25) is 11.9 Å². The molecule has 2 aromatic heterocycles. The van der Waals surface area contributed by atoms with Crippen molar-refractivity contribution in [2.45, 2.75) is 31.8 Å². The number of fused-ring (bicyclic) bond motifs is 1. The molecule has 3 rings (SSSR count). The van der Waals surface area contributed by atoms with E-state index in [0.29, 0.717) is 6.42 Å². The maximum Gasteiger partial charge on any atom is 0.246 e. The summed E-state index contributed by atoms with van der Waals surface area (Å²) >= 11 is 0. The lowest BCUT2D eigenvalue weighted by Crippen LogP contribution is -2.28. The third-order valence-electron chi connectivity index (χ3n) is 4.62. The summed E-state index contributed by atoms with van der Waals surface area (Å²) in [5, 5.41) is 9.50. The van der Waals surface area contributed by atoms with Crippen molar-refractivity contribution in [2.24, 2.45) is 12.8 Å². The highest BCUT2D eigenvalue weighted by Crippen LogP contribution is 2.26. The van der Waals surface area contributed by atoms with E-state index in [-0.39, 0.29) is 0 Å². The number of rotatable bonds is 9. The molecule has 1 atom stereocenters. The number of aliphatic hydroxyl groups excluding tert-OH is 1. The van der Waals surface area contributed by atoms with Gasteiger partial charge in [-0.2, -0.15) is 0 Å². The number of aryl methyl sites for hydroxylation is 1. The number of para-hydroxylation sites is 2. The van der Waals surface area contributed by atoms with Gasteiger partial charge in [0.25, 0.3) is 0 Å². The molecule has 0 saturated heterocycles. The Kier molecular flexibility index (Phi) is 6.03. The molecule has 0 aliphatic heterocycles. The molecule has 7 heteroatoms. The highest BCUT2D eigenvalue weighted by atomic mass is 16.3. The second-order valence-electron chi connectivity index (χ2n) is 6.57. The lowest BCUT2D eigenvalue weighted by molar-refractivity contribution is -0.126. The third kappa shape index (κ3) is 4.43. The fourth-order valence-corrected chi connectivity index (χ4v) is 3.13. The molecule has 142 valence electrons. The summed E-state index contributed by atoms with van der Waals surface area (Å²) in [7, 11) is 2.00. The number of nitrogens with two attached hydrogens (primary N) is 1. The topological polar surface area (TPSA) is 97.3 Å². The van der Waals surface area contributed by atoms with Crippen molar-refractivity contribution in [1.82, 2.24) is 14.5 Å². The number of primary amides is 1. The van der Waals surface area contributed by atoms with Crippen LogP contribution in [0.4, 0.5) is 11.8 Å². The van der Waals surface area contributed by atoms with Crippen LogP contribution in [-0.2, 0) is 11.8 Å². The van der Waals surface area contributed by atoms with E-state index in [9.17, 15) is 9.90 Å². The molecule has 0 spiro atoms. The molecule has 1 unspecified atom stereocenters. The second kappa shape index (κ2) is 8.64. The lowest BCUT2D eigenvalue weighted by atomic mass is 10.1. The molecule has 1 amide bonds. The van der Waals surface area contributed by atoms with Crippen LogP contribution in [0.2, 0.25) is 0 Å². The van der Waals surface area contributed by atoms with Gasteiger partial charge in [-0.1, -0.05) is 31.0 Å². The number of unbranched alkanes of at least 4 members (excludes halogenated alkanes) is 2. The van der Waals surface area contributed by atoms with Crippen LogP contribution in [0.1, 0.15) is 25.7 Å². The number of hydrogen-bond donors (Lipinski definition) is 2. The number of nitrogens with zero attached hydrogens (tertiary/aromatic N) is 4. The Morgan fingerprint density at radius 3 is 2.67 bits per heavy atom. The number of imidazole rings is 1. The number of aliphatic hydroxyl groups is 1. The summed E-state index contributed by atoms with van der Waals surface area (Å²) < 4.78 is 2.07. The minimum atomic E-state index is -1.06. The summed E-state index contributed by atoms with van der Waals surface area (Å²) in [4.78, 5) is 22.3. The van der Waals surface area contributed by atoms with Gasteiger partial charge in [-0.25, -0.2) is 9.97 Å². The van der Waals surface area contributed by atoms with Crippen LogP contribution in [0.3, 0.4) is 0 Å². The Morgan fingerprint density at radius 1 is 1.19 bits per heavy atom. The molecule has 0 bridgehead atoms. The molecule has 1 aromatic carbocycles. The molecular formula is C20H25N5O2. The quantitative estimate of drug-likeness (QED) is 0.566. The fraction of sp³-hybridized carbons (Fsp3) is 0.350. The fourth-order valence-electron chi connectivity index (χ4n) is 3.13. The van der Waals surface area contributed by atoms with E-state index in [1.54, 1.807) is 6.20 Å². The first-order valence-electron chi connectivity index (χ1n) is 9.15. The molecule has 3 aromatic rings. The Hall–Kier alpha value is -2.93. The molecule has 0 saturated carbocycles. The van der Waals surface area contributed by atoms with E-state index in [0.717, 1.165) is 48.6 Å². The van der Waals surface area contributed by atoms with Gasteiger partial charge in [-0.05, 0) is 37.1 Å². The largest absolute Gasteiger partial charge is 0.383 e. The van der Waals surface area contributed by atoms with Gasteiger partial charge in [0.15, 0.2) is 0 Å². The number of pyridine rings is 1. The number of carbonyl (C=O) groups excluding carboxylic acids is 1. The first-order valence-corrected chi connectivity index (χ1v) is 9.15. The molecule has 7 nitrogen and oxygen atoms in total. The van der Waals surface area contributed by atoms with Crippen LogP contribution in [0.15, 0.2) is 48.7 Å². The van der Waals surface area contributed by atoms with Crippen LogP contribution in [0, 0.1) is 0 Å². The Bertz CT molecular complexity index is 894. The van der Waals surface area contributed by atoms with E-state index in [2.05, 4.69) is 14.5 Å². The van der Waals surface area contributed by atoms with E-state index in [1.807, 2.05) is 49.5 Å². The molecule has 0 aliphatic rings. The first-order chi connectivity index (χ1) is 13.1. The molecule has 27 heavy (non-hydrogen) atoms. The van der Waals surface area contributed by atoms with Crippen molar-refractivity contribution in [1.29, 1.82) is 0 Å². The minimum absolute atomic E-state index is 0.394. The van der Waals surface area contributed by atoms with Crippen LogP contribution in [-0.4, -0.2) is 38.2 Å². The SMILES string of the molecule is Cn1c(N(CCCCCC(O)C(N)=O)c2ccccn2)nc2ccccc21. The minimum Gasteiger partial charge on any atom is -0.383 e. The number of benzene rings is 1. The van der Waals surface area contributed by atoms with Crippen molar-refractivity contribution < 1.29 is 9.90 Å². The normalized spacial score (nSPS) is 12.2. The summed E-state index contributed by atoms with van der Waals surface area (Å²) in [5.41, 5.74) is 7.10. The van der Waals surface area contributed by atoms with Gasteiger partial charge in [-0.3, -0.25) is 9.69 Å². The zero-order chi connectivity index (χ0) is 19.2. The highest BCUT2D eigenvalue weighted by molar-refractivity contribution is 5.79. The Labute approximate surface area is 158 Å². The van der Waals surface area contributed by atoms with Crippen molar-refractivity contribution in [3.63, 3.8) is 0 Å². The number of carbonyl (C=O) groups is 1. The van der Waals surface area contributed by atoms with Crippen molar-refractivity contribution >= 4 is 28.7 Å². The first kappa shape index (κ1) is 18.8. The van der Waals surface area contributed by atoms with Crippen molar-refractivity contribution in [3.05, 3.63) is 48.7 Å². The third-order valence-corrected chi connectivity index (χ3v) is 4.62. The Balaban J connectivity index is 1.74. The van der Waals surface area contributed by atoms with Crippen LogP contribution < -0.4 is 10.6 Å². The average Bonchev–Trinajstić information content (AvgIpc) is 3.02. The second-order valence-corrected chi connectivity index (χ2v) is 6.57. The van der Waals surface area contributed by atoms with Gasteiger partial charge in [0.1, 0.15) is 11.9 Å². The van der Waals surface area contributed by atoms with E-state index >= 15 is 0 Å². The molecule has 0 radical (unpaired) electrons. The number of hydrogen-bond acceptors (Lipinski definition) is 5. The Morgan fingerprint density at radius 2 is 1.96 bits per heavy atom. The molecule has 2 heterocycles. The van der Waals surface area contributed by atoms with Gasteiger partial charge in [0.05, 0.1) is 11.0 Å². The van der Waals surface area contributed by atoms with Gasteiger partial charge < -0.3 is 15.4 Å². The van der Waals surface area contributed by atoms with E-state index < -0.39 is 12.0 Å². The molecule has 3 N–H and O–H groups in total. The van der Waals surface area contributed by atoms with Gasteiger partial charge in [-0.15, -0.1) is 0 Å². The summed E-state index contributed by atoms with van der Waals surface area (Å²) in [5.74, 6) is 1.02. The summed E-state index contributed by atoms with van der Waals surface area (Å²) in [6, 6.07) is 13.9. The van der Waals surface area contributed by atoms with Crippen LogP contribution in [0.5, 0.6) is 0 Å². The van der Waals surface area contributed by atoms with E-state index in [4.69, 9.17) is 10.7 Å². The number of anilines is 2. The van der Waals surface area contributed by atoms with Gasteiger partial charge >= 0.3 is 0 Å². The maximum atomic E-state index is 10.9. The standard InChI is InChI=1S/C20H25N5O2/c1-24-16-10-5-4-9-15(16)23-20(24)25(18-12-6-7-13-22-18)14-8-2-3-11-17(26)19(21)27/h4-7,9-10,12-13,17,26H,2-3,8,11,14H2,1H3,(H2,21,27). The number of aromatic nitrogens is 3.